The second kappa shape index (κ2) is 2.39. The molecule has 1 nitrogen and oxygen atoms in total. The molecule has 0 aliphatic carbocycles. The Kier molecular flexibility index (Phi) is 1.77. The van der Waals surface area contributed by atoms with Crippen LogP contribution in [0.25, 0.3) is 0 Å². The summed E-state index contributed by atoms with van der Waals surface area (Å²) in [5.41, 5.74) is 0. The highest BCUT2D eigenvalue weighted by molar-refractivity contribution is 7.85. The third kappa shape index (κ3) is 1.54. The lowest BCUT2D eigenvalue weighted by molar-refractivity contribution is 0.554. The van der Waals surface area contributed by atoms with Gasteiger partial charge in [0.15, 0.2) is 0 Å². The Hall–Kier alpha value is 0.0600. The highest BCUT2D eigenvalue weighted by Crippen LogP contribution is 2.23. The number of thiol groups is 1. The first-order valence-electron chi connectivity index (χ1n) is 1.86. The van der Waals surface area contributed by atoms with Crippen LogP contribution in [-0.4, -0.2) is 0 Å². The average Bonchev–Trinajstić information content (AvgIpc) is 1.69. The number of rotatable bonds is 0. The lowest BCUT2D eigenvalue weighted by Crippen LogP contribution is -1.68. The fourth-order valence-electron chi connectivity index (χ4n) is 0.286. The highest BCUT2D eigenvalue weighted by atomic mass is 32.1. The molecule has 0 aromatic carbocycles. The summed E-state index contributed by atoms with van der Waals surface area (Å²) in [6.45, 7) is 0. The van der Waals surface area contributed by atoms with Crippen molar-refractivity contribution in [2.75, 3.05) is 0 Å². The molecule has 0 saturated heterocycles. The molecule has 0 saturated carbocycles. The first kappa shape index (κ1) is 5.20. The second-order valence-electron chi connectivity index (χ2n) is 1.11. The van der Waals surface area contributed by atoms with Gasteiger partial charge in [-0.2, -0.15) is 0 Å². The maximum absolute atomic E-state index is 4.86. The Morgan fingerprint density at radius 1 is 1.71 bits per heavy atom. The van der Waals surface area contributed by atoms with Crippen molar-refractivity contribution in [3.63, 3.8) is 0 Å². The fourth-order valence-corrected chi connectivity index (χ4v) is 0.936. The second-order valence-corrected chi connectivity index (χ2v) is 2.38. The summed E-state index contributed by atoms with van der Waals surface area (Å²) in [5, 5.41) is 0. The van der Waals surface area contributed by atoms with Gasteiger partial charge in [-0.05, 0) is 11.9 Å². The van der Waals surface area contributed by atoms with Crippen LogP contribution in [0, 0.1) is 0 Å². The van der Waals surface area contributed by atoms with Crippen LogP contribution in [0.15, 0.2) is 23.1 Å². The molecule has 1 rings (SSSR count). The van der Waals surface area contributed by atoms with E-state index in [-0.39, 0.29) is 0 Å². The van der Waals surface area contributed by atoms with E-state index in [4.69, 9.17) is 4.52 Å². The van der Waals surface area contributed by atoms with Gasteiger partial charge < -0.3 is 4.52 Å². The molecule has 7 heavy (non-hydrogen) atoms. The van der Waals surface area contributed by atoms with Gasteiger partial charge in [-0.25, -0.2) is 0 Å². The molecule has 0 fully saturated rings. The molecular formula is C4H5OPS. The standard InChI is InChI=1S/C4H5OPS/c7-4-1-2-5-6-3-4/h1-3,6-7H. The van der Waals surface area contributed by atoms with E-state index in [0.717, 1.165) is 4.91 Å². The molecule has 1 unspecified atom stereocenters. The van der Waals surface area contributed by atoms with Gasteiger partial charge in [-0.3, -0.25) is 0 Å². The van der Waals surface area contributed by atoms with E-state index in [9.17, 15) is 0 Å². The summed E-state index contributed by atoms with van der Waals surface area (Å²) in [5.74, 6) is 1.93. The minimum Gasteiger partial charge on any atom is -0.481 e. The van der Waals surface area contributed by atoms with E-state index in [0.29, 0.717) is 8.81 Å². The molecule has 0 amide bonds. The molecule has 38 valence electrons. The normalized spacial score (nSPS) is 21.6. The Bertz CT molecular complexity index is 119. The van der Waals surface area contributed by atoms with Gasteiger partial charge in [-0.15, -0.1) is 12.6 Å². The lowest BCUT2D eigenvalue weighted by Gasteiger charge is -1.99. The first-order chi connectivity index (χ1) is 3.39. The quantitative estimate of drug-likeness (QED) is 0.391. The van der Waals surface area contributed by atoms with Crippen molar-refractivity contribution in [3.8, 4) is 0 Å². The molecule has 1 atom stereocenters. The summed E-state index contributed by atoms with van der Waals surface area (Å²) in [6, 6.07) is 0. The van der Waals surface area contributed by atoms with Crippen molar-refractivity contribution in [1.29, 1.82) is 0 Å². The summed E-state index contributed by atoms with van der Waals surface area (Å²) < 4.78 is 4.86. The number of allylic oxidation sites excluding steroid dienone is 1. The van der Waals surface area contributed by atoms with Crippen LogP contribution in [0.3, 0.4) is 0 Å². The highest BCUT2D eigenvalue weighted by Gasteiger charge is 1.87. The monoisotopic (exact) mass is 132 g/mol. The molecule has 1 heterocycles. The van der Waals surface area contributed by atoms with Gasteiger partial charge in [-0.1, -0.05) is 0 Å². The summed E-state index contributed by atoms with van der Waals surface area (Å²) >= 11 is 4.06. The van der Waals surface area contributed by atoms with Crippen molar-refractivity contribution >= 4 is 21.4 Å². The topological polar surface area (TPSA) is 9.23 Å². The van der Waals surface area contributed by atoms with E-state index >= 15 is 0 Å². The summed E-state index contributed by atoms with van der Waals surface area (Å²) in [6.07, 6.45) is 3.47. The Labute approximate surface area is 49.7 Å². The molecule has 0 aromatic heterocycles. The van der Waals surface area contributed by atoms with Crippen molar-refractivity contribution in [3.05, 3.63) is 23.1 Å². The van der Waals surface area contributed by atoms with Gasteiger partial charge in [0.2, 0.25) is 0 Å². The number of hydrogen-bond donors (Lipinski definition) is 1. The van der Waals surface area contributed by atoms with E-state index < -0.39 is 0 Å². The third-order valence-electron chi connectivity index (χ3n) is 0.582. The SMILES string of the molecule is SC1=CPOC=C1. The largest absolute Gasteiger partial charge is 0.481 e. The summed E-state index contributed by atoms with van der Waals surface area (Å²) in [4.78, 5) is 0.990. The van der Waals surface area contributed by atoms with E-state index in [1.807, 2.05) is 11.9 Å². The van der Waals surface area contributed by atoms with Crippen LogP contribution in [0.5, 0.6) is 0 Å². The molecule has 0 aromatic rings. The molecule has 1 aliphatic heterocycles. The van der Waals surface area contributed by atoms with E-state index in [2.05, 4.69) is 12.6 Å². The van der Waals surface area contributed by atoms with Crippen LogP contribution in [0.4, 0.5) is 0 Å². The molecule has 0 radical (unpaired) electrons. The van der Waals surface area contributed by atoms with Gasteiger partial charge in [0.05, 0.1) is 15.1 Å². The average molecular weight is 132 g/mol. The molecule has 0 spiro atoms. The van der Waals surface area contributed by atoms with Gasteiger partial charge in [0, 0.05) is 4.91 Å². The van der Waals surface area contributed by atoms with Gasteiger partial charge in [0.25, 0.3) is 0 Å². The van der Waals surface area contributed by atoms with Gasteiger partial charge >= 0.3 is 0 Å². The van der Waals surface area contributed by atoms with Crippen LogP contribution < -0.4 is 0 Å². The molecule has 1 aliphatic rings. The zero-order chi connectivity index (χ0) is 5.11. The van der Waals surface area contributed by atoms with Crippen molar-refractivity contribution in [2.45, 2.75) is 0 Å². The molecule has 3 heteroatoms. The zero-order valence-corrected chi connectivity index (χ0v) is 5.48. The fraction of sp³-hybridized carbons (Fsp3) is 0. The predicted octanol–water partition coefficient (Wildman–Crippen LogP) is 1.89. The van der Waals surface area contributed by atoms with Crippen molar-refractivity contribution in [2.24, 2.45) is 0 Å². The summed E-state index contributed by atoms with van der Waals surface area (Å²) in [7, 11) is 0.457. The van der Waals surface area contributed by atoms with Crippen LogP contribution in [0.2, 0.25) is 0 Å². The van der Waals surface area contributed by atoms with Crippen LogP contribution in [0.1, 0.15) is 0 Å². The molecule has 0 N–H and O–H groups in total. The predicted molar refractivity (Wildman–Crippen MR) is 35.6 cm³/mol. The maximum atomic E-state index is 4.86. The van der Waals surface area contributed by atoms with Crippen LogP contribution in [-0.2, 0) is 4.52 Å². The Morgan fingerprint density at radius 2 is 2.57 bits per heavy atom. The zero-order valence-electron chi connectivity index (χ0n) is 3.59. The molecule has 0 bridgehead atoms. The van der Waals surface area contributed by atoms with E-state index in [1.165, 1.54) is 0 Å². The Morgan fingerprint density at radius 3 is 2.86 bits per heavy atom. The minimum absolute atomic E-state index is 0.457. The van der Waals surface area contributed by atoms with Crippen LogP contribution >= 0.6 is 21.4 Å². The Balaban J connectivity index is 2.58. The number of hydrogen-bond acceptors (Lipinski definition) is 2. The maximum Gasteiger partial charge on any atom is 0.0974 e. The first-order valence-corrected chi connectivity index (χ1v) is 3.30. The lowest BCUT2D eigenvalue weighted by atomic mass is 10.6. The van der Waals surface area contributed by atoms with Crippen molar-refractivity contribution < 1.29 is 4.52 Å². The minimum atomic E-state index is 0.457. The third-order valence-corrected chi connectivity index (χ3v) is 1.80. The van der Waals surface area contributed by atoms with Gasteiger partial charge in [0.1, 0.15) is 0 Å². The van der Waals surface area contributed by atoms with Crippen molar-refractivity contribution in [1.82, 2.24) is 0 Å². The molecular weight excluding hydrogens is 127 g/mol. The van der Waals surface area contributed by atoms with E-state index in [1.54, 1.807) is 6.26 Å². The smallest absolute Gasteiger partial charge is 0.0974 e.